The third-order valence-electron chi connectivity index (χ3n) is 6.38. The van der Waals surface area contributed by atoms with Crippen LogP contribution in [0.2, 0.25) is 0 Å². The number of rotatable bonds is 7. The van der Waals surface area contributed by atoms with Gasteiger partial charge < -0.3 is 10.1 Å². The minimum Gasteiger partial charge on any atom is -0.366 e. The lowest BCUT2D eigenvalue weighted by Gasteiger charge is -2.31. The number of pyridine rings is 1. The van der Waals surface area contributed by atoms with Crippen molar-refractivity contribution in [3.05, 3.63) is 29.7 Å². The van der Waals surface area contributed by atoms with Gasteiger partial charge in [0, 0.05) is 44.4 Å². The number of hydrogen-bond acceptors (Lipinski definition) is 6. The molecular formula is C23H33FN4O3. The van der Waals surface area contributed by atoms with E-state index in [0.717, 1.165) is 50.3 Å². The fourth-order valence-corrected chi connectivity index (χ4v) is 4.65. The molecule has 3 aliphatic rings. The van der Waals surface area contributed by atoms with Crippen LogP contribution in [0.25, 0.3) is 6.08 Å². The van der Waals surface area contributed by atoms with E-state index in [4.69, 9.17) is 9.57 Å². The van der Waals surface area contributed by atoms with E-state index < -0.39 is 18.0 Å². The van der Waals surface area contributed by atoms with Crippen LogP contribution in [0.1, 0.15) is 63.4 Å². The predicted octanol–water partition coefficient (Wildman–Crippen LogP) is 3.79. The highest BCUT2D eigenvalue weighted by atomic mass is 19.1. The monoisotopic (exact) mass is 432 g/mol. The maximum absolute atomic E-state index is 14.2. The zero-order valence-electron chi connectivity index (χ0n) is 18.0. The van der Waals surface area contributed by atoms with Crippen LogP contribution in [0.15, 0.2) is 24.2 Å². The maximum Gasteiger partial charge on any atom is 0.303 e. The van der Waals surface area contributed by atoms with E-state index in [1.807, 2.05) is 6.07 Å². The molecule has 0 spiro atoms. The Balaban J connectivity index is 1.23. The summed E-state index contributed by atoms with van der Waals surface area (Å²) < 4.78 is 19.5. The molecule has 1 unspecified atom stereocenters. The summed E-state index contributed by atoms with van der Waals surface area (Å²) in [7, 11) is 0. The largest absolute Gasteiger partial charge is 0.366 e. The second-order valence-electron chi connectivity index (χ2n) is 8.73. The minimum atomic E-state index is -0.933. The Hall–Kier alpha value is -2.03. The Kier molecular flexibility index (Phi) is 7.88. The second kappa shape index (κ2) is 11.0. The molecular weight excluding hydrogens is 399 g/mol. The van der Waals surface area contributed by atoms with Gasteiger partial charge in [-0.25, -0.2) is 19.7 Å². The summed E-state index contributed by atoms with van der Waals surface area (Å²) in [5.41, 5.74) is 2.63. The lowest BCUT2D eigenvalue weighted by atomic mass is 9.94. The van der Waals surface area contributed by atoms with Gasteiger partial charge in [-0.2, -0.15) is 0 Å². The molecule has 0 aromatic carbocycles. The average Bonchev–Trinajstić information content (AvgIpc) is 3.28. The van der Waals surface area contributed by atoms with Gasteiger partial charge in [0.25, 0.3) is 0 Å². The number of nitrogens with one attached hydrogen (secondary N) is 2. The molecule has 1 aromatic rings. The van der Waals surface area contributed by atoms with E-state index in [0.29, 0.717) is 24.6 Å². The highest BCUT2D eigenvalue weighted by molar-refractivity contribution is 5.94. The number of carbonyl (C=O) groups is 1. The zero-order valence-corrected chi connectivity index (χ0v) is 18.0. The van der Waals surface area contributed by atoms with Crippen LogP contribution in [-0.2, 0) is 14.4 Å². The molecule has 8 heteroatoms. The Morgan fingerprint density at radius 1 is 1.16 bits per heavy atom. The van der Waals surface area contributed by atoms with Gasteiger partial charge in [0.15, 0.2) is 12.1 Å². The van der Waals surface area contributed by atoms with Crippen molar-refractivity contribution in [1.82, 2.24) is 15.4 Å². The van der Waals surface area contributed by atoms with E-state index in [-0.39, 0.29) is 0 Å². The first-order valence-corrected chi connectivity index (χ1v) is 11.6. The van der Waals surface area contributed by atoms with Gasteiger partial charge in [0.2, 0.25) is 0 Å². The molecule has 0 bridgehead atoms. The third-order valence-corrected chi connectivity index (χ3v) is 6.38. The first-order chi connectivity index (χ1) is 15.2. The molecule has 1 amide bonds. The van der Waals surface area contributed by atoms with Gasteiger partial charge in [0.05, 0.1) is 0 Å². The third kappa shape index (κ3) is 6.48. The SMILES string of the molecule is O=C(NOC1CCCCO1)C(F)=Cc1ccc(N[C@@H]2CCN(C3CCCCC3)C2)nc1. The topological polar surface area (TPSA) is 75.7 Å². The van der Waals surface area contributed by atoms with Crippen molar-refractivity contribution >= 4 is 17.8 Å². The van der Waals surface area contributed by atoms with Gasteiger partial charge >= 0.3 is 5.91 Å². The summed E-state index contributed by atoms with van der Waals surface area (Å²) in [6.07, 6.45) is 12.7. The quantitative estimate of drug-likeness (QED) is 0.504. The zero-order chi connectivity index (χ0) is 21.5. The smallest absolute Gasteiger partial charge is 0.303 e. The number of ether oxygens (including phenoxy) is 1. The first kappa shape index (κ1) is 22.2. The maximum atomic E-state index is 14.2. The summed E-state index contributed by atoms with van der Waals surface area (Å²) in [6, 6.07) is 4.70. The Morgan fingerprint density at radius 3 is 2.74 bits per heavy atom. The van der Waals surface area contributed by atoms with Crippen molar-refractivity contribution in [3.8, 4) is 0 Å². The van der Waals surface area contributed by atoms with Crippen molar-refractivity contribution in [3.63, 3.8) is 0 Å². The van der Waals surface area contributed by atoms with Crippen molar-refractivity contribution in [1.29, 1.82) is 0 Å². The summed E-state index contributed by atoms with van der Waals surface area (Å²) in [6.45, 7) is 2.77. The molecule has 2 aliphatic heterocycles. The normalized spacial score (nSPS) is 26.0. The molecule has 2 saturated heterocycles. The molecule has 2 atom stereocenters. The fraction of sp³-hybridized carbons (Fsp3) is 0.652. The molecule has 1 aromatic heterocycles. The van der Waals surface area contributed by atoms with Crippen LogP contribution in [0.5, 0.6) is 0 Å². The van der Waals surface area contributed by atoms with E-state index in [1.165, 1.54) is 32.1 Å². The lowest BCUT2D eigenvalue weighted by molar-refractivity contribution is -0.199. The van der Waals surface area contributed by atoms with Crippen molar-refractivity contribution in [2.24, 2.45) is 0 Å². The van der Waals surface area contributed by atoms with Crippen LogP contribution >= 0.6 is 0 Å². The van der Waals surface area contributed by atoms with Gasteiger partial charge in [-0.15, -0.1) is 0 Å². The number of nitrogens with zero attached hydrogens (tertiary/aromatic N) is 2. The van der Waals surface area contributed by atoms with E-state index >= 15 is 0 Å². The molecule has 1 saturated carbocycles. The Labute approximate surface area is 183 Å². The molecule has 31 heavy (non-hydrogen) atoms. The van der Waals surface area contributed by atoms with Gasteiger partial charge in [-0.3, -0.25) is 9.69 Å². The van der Waals surface area contributed by atoms with Crippen LogP contribution in [-0.4, -0.2) is 53.9 Å². The van der Waals surface area contributed by atoms with Gasteiger partial charge in [0.1, 0.15) is 5.82 Å². The molecule has 3 fully saturated rings. The molecule has 4 rings (SSSR count). The van der Waals surface area contributed by atoms with Crippen LogP contribution in [0, 0.1) is 0 Å². The molecule has 7 nitrogen and oxygen atoms in total. The van der Waals surface area contributed by atoms with E-state index in [2.05, 4.69) is 20.7 Å². The first-order valence-electron chi connectivity index (χ1n) is 11.6. The highest BCUT2D eigenvalue weighted by Gasteiger charge is 2.29. The molecule has 3 heterocycles. The number of halogens is 1. The summed E-state index contributed by atoms with van der Waals surface area (Å²) in [5.74, 6) is -1.09. The number of anilines is 1. The fourth-order valence-electron chi connectivity index (χ4n) is 4.65. The average molecular weight is 433 g/mol. The van der Waals surface area contributed by atoms with Crippen molar-refractivity contribution < 1.29 is 18.8 Å². The number of carbonyl (C=O) groups excluding carboxylic acids is 1. The molecule has 2 N–H and O–H groups in total. The van der Waals surface area contributed by atoms with Crippen LogP contribution < -0.4 is 10.8 Å². The standard InChI is InChI=1S/C23H33FN4O3/c24-20(23(29)27-31-22-8-4-5-13-30-22)14-17-9-10-21(25-15-17)26-18-11-12-28(16-18)19-6-2-1-3-7-19/h9-10,14-15,18-19,22H,1-8,11-13,16H2,(H,25,26)(H,27,29)/t18-,22?/m1/s1. The predicted molar refractivity (Wildman–Crippen MR) is 117 cm³/mol. The summed E-state index contributed by atoms with van der Waals surface area (Å²) in [5, 5.41) is 3.49. The van der Waals surface area contributed by atoms with Crippen molar-refractivity contribution in [2.45, 2.75) is 76.2 Å². The second-order valence-corrected chi connectivity index (χ2v) is 8.73. The van der Waals surface area contributed by atoms with Gasteiger partial charge in [-0.05, 0) is 55.9 Å². The van der Waals surface area contributed by atoms with E-state index in [1.54, 1.807) is 12.3 Å². The van der Waals surface area contributed by atoms with Crippen molar-refractivity contribution in [2.75, 3.05) is 25.0 Å². The number of likely N-dealkylation sites (tertiary alicyclic amines) is 1. The lowest BCUT2D eigenvalue weighted by Crippen LogP contribution is -2.36. The Morgan fingerprint density at radius 2 is 2.00 bits per heavy atom. The molecule has 1 aliphatic carbocycles. The van der Waals surface area contributed by atoms with E-state index in [9.17, 15) is 9.18 Å². The van der Waals surface area contributed by atoms with Gasteiger partial charge in [-0.1, -0.05) is 19.3 Å². The molecule has 170 valence electrons. The summed E-state index contributed by atoms with van der Waals surface area (Å²) >= 11 is 0. The van der Waals surface area contributed by atoms with Crippen LogP contribution in [0.3, 0.4) is 0 Å². The Bertz CT molecular complexity index is 746. The summed E-state index contributed by atoms with van der Waals surface area (Å²) in [4.78, 5) is 24.0. The highest BCUT2D eigenvalue weighted by Crippen LogP contribution is 2.26. The number of hydrogen-bond donors (Lipinski definition) is 2. The molecule has 0 radical (unpaired) electrons. The number of amides is 1. The number of aromatic nitrogens is 1. The number of hydroxylamine groups is 1. The van der Waals surface area contributed by atoms with Crippen LogP contribution in [0.4, 0.5) is 10.2 Å². The minimum absolute atomic E-state index is 0.387.